The van der Waals surface area contributed by atoms with Gasteiger partial charge >= 0.3 is 0 Å². The lowest BCUT2D eigenvalue weighted by atomic mass is 9.83. The highest BCUT2D eigenvalue weighted by atomic mass is 16.3. The molecule has 0 saturated carbocycles. The van der Waals surface area contributed by atoms with E-state index in [0.717, 1.165) is 21.9 Å². The van der Waals surface area contributed by atoms with Crippen molar-refractivity contribution in [3.05, 3.63) is 46.5 Å². The summed E-state index contributed by atoms with van der Waals surface area (Å²) < 4.78 is 29.1. The van der Waals surface area contributed by atoms with E-state index in [2.05, 4.69) is 39.8 Å². The molecule has 0 aliphatic rings. The van der Waals surface area contributed by atoms with E-state index >= 15 is 0 Å². The average Bonchev–Trinajstić information content (AvgIpc) is 2.73. The predicted octanol–water partition coefficient (Wildman–Crippen LogP) is 5.81. The molecule has 0 amide bonds. The molecule has 0 aliphatic heterocycles. The number of fused-ring (bicyclic) bond motifs is 3. The third-order valence-electron chi connectivity index (χ3n) is 3.90. The molecule has 0 saturated heterocycles. The van der Waals surface area contributed by atoms with Gasteiger partial charge in [-0.1, -0.05) is 39.0 Å². The zero-order chi connectivity index (χ0) is 17.2. The maximum atomic E-state index is 7.65. The Kier molecular flexibility index (Phi) is 2.07. The Morgan fingerprint density at radius 3 is 2.45 bits per heavy atom. The van der Waals surface area contributed by atoms with Gasteiger partial charge in [0, 0.05) is 20.4 Å². The van der Waals surface area contributed by atoms with Gasteiger partial charge in [0.15, 0.2) is 0 Å². The predicted molar refractivity (Wildman–Crippen MR) is 86.6 cm³/mol. The van der Waals surface area contributed by atoms with Gasteiger partial charge in [0.25, 0.3) is 0 Å². The third-order valence-corrected chi connectivity index (χ3v) is 3.90. The highest BCUT2D eigenvalue weighted by molar-refractivity contribution is 6.08. The first-order chi connectivity index (χ1) is 10.5. The van der Waals surface area contributed by atoms with Crippen molar-refractivity contribution in [3.63, 3.8) is 0 Å². The SMILES string of the molecule is [2H]C([2H])([2H])c1cc(C)c2c(c1)oc1c(C(C)(C)C)c(C)ccc12. The zero-order valence-corrected chi connectivity index (χ0v) is 12.7. The number of aryl methyl sites for hydroxylation is 3. The molecule has 3 rings (SSSR count). The normalized spacial score (nSPS) is 15.3. The molecule has 0 unspecified atom stereocenters. The molecule has 1 aromatic heterocycles. The monoisotopic (exact) mass is 269 g/mol. The topological polar surface area (TPSA) is 13.1 Å². The molecule has 0 aliphatic carbocycles. The minimum absolute atomic E-state index is 0.0434. The van der Waals surface area contributed by atoms with Crippen LogP contribution in [0.1, 0.15) is 47.1 Å². The molecule has 0 fully saturated rings. The van der Waals surface area contributed by atoms with E-state index in [9.17, 15) is 0 Å². The van der Waals surface area contributed by atoms with Gasteiger partial charge in [0.1, 0.15) is 11.2 Å². The van der Waals surface area contributed by atoms with Crippen molar-refractivity contribution >= 4 is 21.9 Å². The van der Waals surface area contributed by atoms with Crippen molar-refractivity contribution < 1.29 is 8.53 Å². The molecule has 104 valence electrons. The summed E-state index contributed by atoms with van der Waals surface area (Å²) in [4.78, 5) is 0. The van der Waals surface area contributed by atoms with Gasteiger partial charge < -0.3 is 4.42 Å². The first kappa shape index (κ1) is 10.0. The van der Waals surface area contributed by atoms with Gasteiger partial charge in [-0.3, -0.25) is 0 Å². The summed E-state index contributed by atoms with van der Waals surface area (Å²) in [5.41, 5.74) is 5.13. The van der Waals surface area contributed by atoms with Gasteiger partial charge in [-0.05, 0) is 48.9 Å². The summed E-state index contributed by atoms with van der Waals surface area (Å²) in [5, 5.41) is 2.07. The van der Waals surface area contributed by atoms with Crippen LogP contribution >= 0.6 is 0 Å². The summed E-state index contributed by atoms with van der Waals surface area (Å²) >= 11 is 0. The second-order valence-corrected chi connectivity index (χ2v) is 6.65. The third kappa shape index (κ3) is 1.84. The Morgan fingerprint density at radius 2 is 1.80 bits per heavy atom. The average molecular weight is 269 g/mol. The second kappa shape index (κ2) is 4.12. The molecule has 0 spiro atoms. The summed E-state index contributed by atoms with van der Waals surface area (Å²) in [7, 11) is 0. The maximum Gasteiger partial charge on any atom is 0.139 e. The quantitative estimate of drug-likeness (QED) is 0.502. The Bertz CT molecular complexity index is 908. The van der Waals surface area contributed by atoms with Gasteiger partial charge in [-0.2, -0.15) is 0 Å². The van der Waals surface area contributed by atoms with Gasteiger partial charge in [0.05, 0.1) is 0 Å². The van der Waals surface area contributed by atoms with E-state index in [4.69, 9.17) is 8.53 Å². The van der Waals surface area contributed by atoms with E-state index < -0.39 is 6.85 Å². The van der Waals surface area contributed by atoms with Crippen molar-refractivity contribution in [1.82, 2.24) is 0 Å². The number of rotatable bonds is 0. The van der Waals surface area contributed by atoms with Crippen LogP contribution < -0.4 is 0 Å². The summed E-state index contributed by atoms with van der Waals surface area (Å²) in [5.74, 6) is 0. The summed E-state index contributed by atoms with van der Waals surface area (Å²) in [6.45, 7) is 8.42. The van der Waals surface area contributed by atoms with E-state index in [1.165, 1.54) is 11.1 Å². The molecule has 20 heavy (non-hydrogen) atoms. The fourth-order valence-electron chi connectivity index (χ4n) is 3.21. The van der Waals surface area contributed by atoms with Gasteiger partial charge in [0.2, 0.25) is 0 Å². The van der Waals surface area contributed by atoms with Crippen molar-refractivity contribution in [3.8, 4) is 0 Å². The molecular weight excluding hydrogens is 244 g/mol. The molecule has 1 nitrogen and oxygen atoms in total. The zero-order valence-electron chi connectivity index (χ0n) is 15.7. The van der Waals surface area contributed by atoms with Crippen LogP contribution in [0.3, 0.4) is 0 Å². The van der Waals surface area contributed by atoms with Crippen LogP contribution in [0, 0.1) is 20.7 Å². The fourth-order valence-corrected chi connectivity index (χ4v) is 3.21. The lowest BCUT2D eigenvalue weighted by Gasteiger charge is -2.21. The first-order valence-electron chi connectivity index (χ1n) is 8.47. The highest BCUT2D eigenvalue weighted by Gasteiger charge is 2.23. The Morgan fingerprint density at radius 1 is 1.05 bits per heavy atom. The Hall–Kier alpha value is -1.76. The lowest BCUT2D eigenvalue weighted by molar-refractivity contribution is 0.569. The van der Waals surface area contributed by atoms with E-state index in [1.807, 2.05) is 6.92 Å². The maximum absolute atomic E-state index is 7.65. The first-order valence-corrected chi connectivity index (χ1v) is 6.97. The highest BCUT2D eigenvalue weighted by Crippen LogP contribution is 2.39. The Balaban J connectivity index is 2.46. The van der Waals surface area contributed by atoms with Crippen LogP contribution in [0.4, 0.5) is 0 Å². The molecule has 1 heterocycles. The van der Waals surface area contributed by atoms with Crippen LogP contribution in [0.5, 0.6) is 0 Å². The summed E-state index contributed by atoms with van der Waals surface area (Å²) in [6.07, 6.45) is 0. The summed E-state index contributed by atoms with van der Waals surface area (Å²) in [6, 6.07) is 7.61. The van der Waals surface area contributed by atoms with Crippen LogP contribution in [0.15, 0.2) is 28.7 Å². The molecule has 3 aromatic rings. The van der Waals surface area contributed by atoms with Crippen molar-refractivity contribution in [2.45, 2.75) is 46.9 Å². The van der Waals surface area contributed by atoms with E-state index in [1.54, 1.807) is 12.1 Å². The minimum atomic E-state index is -2.12. The molecule has 0 radical (unpaired) electrons. The standard InChI is InChI=1S/C19H22O/c1-11-9-13(3)16-14-8-7-12(2)17(19(4,5)6)18(14)20-15(16)10-11/h7-10H,1-6H3/i1D3. The van der Waals surface area contributed by atoms with Gasteiger partial charge in [-0.15, -0.1) is 0 Å². The van der Waals surface area contributed by atoms with Crippen LogP contribution in [-0.4, -0.2) is 0 Å². The van der Waals surface area contributed by atoms with Crippen molar-refractivity contribution in [2.24, 2.45) is 0 Å². The van der Waals surface area contributed by atoms with Crippen molar-refractivity contribution in [2.75, 3.05) is 0 Å². The Labute approximate surface area is 124 Å². The van der Waals surface area contributed by atoms with E-state index in [0.29, 0.717) is 11.1 Å². The molecule has 0 N–H and O–H groups in total. The van der Waals surface area contributed by atoms with Crippen LogP contribution in [-0.2, 0) is 5.41 Å². The molecule has 2 aromatic carbocycles. The molecule has 0 atom stereocenters. The number of benzene rings is 2. The number of hydrogen-bond donors (Lipinski definition) is 0. The smallest absolute Gasteiger partial charge is 0.139 e. The van der Waals surface area contributed by atoms with E-state index in [-0.39, 0.29) is 5.41 Å². The number of furan rings is 1. The minimum Gasteiger partial charge on any atom is -0.456 e. The van der Waals surface area contributed by atoms with Crippen molar-refractivity contribution in [1.29, 1.82) is 0 Å². The number of hydrogen-bond acceptors (Lipinski definition) is 1. The van der Waals surface area contributed by atoms with Gasteiger partial charge in [-0.25, -0.2) is 0 Å². The van der Waals surface area contributed by atoms with Crippen LogP contribution in [0.2, 0.25) is 0 Å². The molecule has 1 heteroatoms. The van der Waals surface area contributed by atoms with Crippen LogP contribution in [0.25, 0.3) is 21.9 Å². The largest absolute Gasteiger partial charge is 0.456 e. The second-order valence-electron chi connectivity index (χ2n) is 6.65. The molecule has 0 bridgehead atoms. The fraction of sp³-hybridized carbons (Fsp3) is 0.368. The lowest BCUT2D eigenvalue weighted by Crippen LogP contribution is -2.13. The molecular formula is C19H22O.